The third kappa shape index (κ3) is 2.91. The first-order chi connectivity index (χ1) is 8.81. The lowest BCUT2D eigenvalue weighted by atomic mass is 9.91. The molecule has 0 nitrogen and oxygen atoms in total. The Hall–Kier alpha value is -0.490. The molecule has 0 saturated heterocycles. The number of rotatable bonds is 2. The van der Waals surface area contributed by atoms with E-state index in [-0.39, 0.29) is 0 Å². The van der Waals surface area contributed by atoms with E-state index < -0.39 is 0 Å². The molecule has 1 saturated carbocycles. The highest BCUT2D eigenvalue weighted by atomic mass is 35.5. The number of alkyl halides is 1. The lowest BCUT2D eigenvalue weighted by Crippen LogP contribution is -2.09. The quantitative estimate of drug-likeness (QED) is 0.525. The summed E-state index contributed by atoms with van der Waals surface area (Å²) in [5.41, 5.74) is 4.75. The first-order valence-electron chi connectivity index (χ1n) is 7.56. The smallest absolute Gasteiger partial charge is 0.0338 e. The zero-order valence-electron chi connectivity index (χ0n) is 11.1. The lowest BCUT2D eigenvalue weighted by Gasteiger charge is -2.16. The predicted octanol–water partition coefficient (Wildman–Crippen LogP) is 4.91. The molecule has 0 heterocycles. The van der Waals surface area contributed by atoms with Crippen molar-refractivity contribution in [2.45, 2.75) is 63.2 Å². The van der Waals surface area contributed by atoms with Crippen LogP contribution in [-0.2, 0) is 19.3 Å². The minimum atomic E-state index is 0.423. The average molecular weight is 263 g/mol. The van der Waals surface area contributed by atoms with Crippen molar-refractivity contribution < 1.29 is 0 Å². The van der Waals surface area contributed by atoms with Crippen molar-refractivity contribution in [1.82, 2.24) is 0 Å². The largest absolute Gasteiger partial charge is 0.123 e. The molecule has 0 bridgehead atoms. The van der Waals surface area contributed by atoms with Crippen molar-refractivity contribution in [2.24, 2.45) is 5.92 Å². The molecule has 3 rings (SSSR count). The molecule has 2 unspecified atom stereocenters. The Kier molecular flexibility index (Phi) is 3.94. The van der Waals surface area contributed by atoms with E-state index in [4.69, 9.17) is 11.6 Å². The molecule has 0 amide bonds. The SMILES string of the molecule is ClC1CCCCC(Cc2ccc3c(c2)CCC3)C1. The Morgan fingerprint density at radius 1 is 1.00 bits per heavy atom. The molecule has 98 valence electrons. The second-order valence-corrected chi connectivity index (χ2v) is 6.76. The summed E-state index contributed by atoms with van der Waals surface area (Å²) in [5, 5.41) is 0.423. The van der Waals surface area contributed by atoms with Gasteiger partial charge in [-0.25, -0.2) is 0 Å². The summed E-state index contributed by atoms with van der Waals surface area (Å²) in [6.45, 7) is 0. The third-order valence-corrected chi connectivity index (χ3v) is 5.05. The Morgan fingerprint density at radius 2 is 1.83 bits per heavy atom. The van der Waals surface area contributed by atoms with Gasteiger partial charge in [-0.1, -0.05) is 37.5 Å². The highest BCUT2D eigenvalue weighted by Crippen LogP contribution is 2.30. The van der Waals surface area contributed by atoms with Crippen LogP contribution in [0.3, 0.4) is 0 Å². The average Bonchev–Trinajstić information content (AvgIpc) is 2.72. The van der Waals surface area contributed by atoms with E-state index in [0.29, 0.717) is 5.38 Å². The van der Waals surface area contributed by atoms with Crippen molar-refractivity contribution in [3.05, 3.63) is 34.9 Å². The highest BCUT2D eigenvalue weighted by molar-refractivity contribution is 6.20. The number of aryl methyl sites for hydroxylation is 2. The molecule has 1 aromatic carbocycles. The highest BCUT2D eigenvalue weighted by Gasteiger charge is 2.19. The molecule has 2 aliphatic carbocycles. The van der Waals surface area contributed by atoms with Crippen LogP contribution in [0.25, 0.3) is 0 Å². The minimum absolute atomic E-state index is 0.423. The second-order valence-electron chi connectivity index (χ2n) is 6.14. The lowest BCUT2D eigenvalue weighted by molar-refractivity contribution is 0.460. The summed E-state index contributed by atoms with van der Waals surface area (Å²) < 4.78 is 0. The van der Waals surface area contributed by atoms with Gasteiger partial charge in [0.25, 0.3) is 0 Å². The zero-order chi connectivity index (χ0) is 12.4. The molecule has 0 N–H and O–H groups in total. The number of benzene rings is 1. The predicted molar refractivity (Wildman–Crippen MR) is 78.4 cm³/mol. The van der Waals surface area contributed by atoms with Gasteiger partial charge in [-0.3, -0.25) is 0 Å². The van der Waals surface area contributed by atoms with E-state index in [1.807, 2.05) is 0 Å². The van der Waals surface area contributed by atoms with Crippen LogP contribution >= 0.6 is 11.6 Å². The van der Waals surface area contributed by atoms with Gasteiger partial charge in [-0.2, -0.15) is 0 Å². The fourth-order valence-corrected chi connectivity index (χ4v) is 4.07. The van der Waals surface area contributed by atoms with Gasteiger partial charge in [0.2, 0.25) is 0 Å². The molecule has 18 heavy (non-hydrogen) atoms. The van der Waals surface area contributed by atoms with Crippen LogP contribution in [0.1, 0.15) is 55.2 Å². The van der Waals surface area contributed by atoms with E-state index in [1.54, 1.807) is 16.7 Å². The van der Waals surface area contributed by atoms with Gasteiger partial charge in [0.05, 0.1) is 0 Å². The molecule has 0 aliphatic heterocycles. The van der Waals surface area contributed by atoms with Crippen molar-refractivity contribution >= 4 is 11.6 Å². The molecular formula is C17H23Cl. The van der Waals surface area contributed by atoms with E-state index in [1.165, 1.54) is 57.8 Å². The van der Waals surface area contributed by atoms with Crippen LogP contribution in [0, 0.1) is 5.92 Å². The van der Waals surface area contributed by atoms with Crippen molar-refractivity contribution in [2.75, 3.05) is 0 Å². The van der Waals surface area contributed by atoms with E-state index in [0.717, 1.165) is 5.92 Å². The summed E-state index contributed by atoms with van der Waals surface area (Å²) >= 11 is 6.38. The number of fused-ring (bicyclic) bond motifs is 1. The van der Waals surface area contributed by atoms with Crippen molar-refractivity contribution in [1.29, 1.82) is 0 Å². The van der Waals surface area contributed by atoms with Gasteiger partial charge in [0.15, 0.2) is 0 Å². The summed E-state index contributed by atoms with van der Waals surface area (Å²) in [7, 11) is 0. The van der Waals surface area contributed by atoms with E-state index >= 15 is 0 Å². The Bertz CT molecular complexity index is 410. The number of halogens is 1. The standard InChI is InChI=1S/C17H23Cl/c18-17-7-2-1-4-13(12-17)10-14-8-9-15-5-3-6-16(15)11-14/h8-9,11,13,17H,1-7,10,12H2. The van der Waals surface area contributed by atoms with Gasteiger partial charge in [-0.15, -0.1) is 11.6 Å². The zero-order valence-corrected chi connectivity index (χ0v) is 11.9. The van der Waals surface area contributed by atoms with Crippen LogP contribution in [0.2, 0.25) is 0 Å². The number of hydrogen-bond donors (Lipinski definition) is 0. The minimum Gasteiger partial charge on any atom is -0.123 e. The maximum atomic E-state index is 6.38. The molecule has 1 fully saturated rings. The van der Waals surface area contributed by atoms with Crippen LogP contribution in [-0.4, -0.2) is 5.38 Å². The van der Waals surface area contributed by atoms with Gasteiger partial charge in [0, 0.05) is 5.38 Å². The van der Waals surface area contributed by atoms with Crippen molar-refractivity contribution in [3.8, 4) is 0 Å². The summed E-state index contributed by atoms with van der Waals surface area (Å²) in [6.07, 6.45) is 11.7. The monoisotopic (exact) mass is 262 g/mol. The summed E-state index contributed by atoms with van der Waals surface area (Å²) in [4.78, 5) is 0. The van der Waals surface area contributed by atoms with Crippen LogP contribution in [0.5, 0.6) is 0 Å². The van der Waals surface area contributed by atoms with E-state index in [9.17, 15) is 0 Å². The topological polar surface area (TPSA) is 0 Å². The molecule has 1 aromatic rings. The fourth-order valence-electron chi connectivity index (χ4n) is 3.67. The normalized spacial score (nSPS) is 27.8. The number of hydrogen-bond acceptors (Lipinski definition) is 0. The van der Waals surface area contributed by atoms with Crippen LogP contribution in [0.15, 0.2) is 18.2 Å². The molecule has 0 aromatic heterocycles. The molecule has 0 radical (unpaired) electrons. The molecule has 1 heteroatoms. The first kappa shape index (κ1) is 12.5. The van der Waals surface area contributed by atoms with Gasteiger partial charge >= 0.3 is 0 Å². The molecule has 2 aliphatic rings. The van der Waals surface area contributed by atoms with Crippen LogP contribution < -0.4 is 0 Å². The Labute approximate surface area is 116 Å². The summed E-state index contributed by atoms with van der Waals surface area (Å²) in [5.74, 6) is 0.814. The Balaban J connectivity index is 1.68. The van der Waals surface area contributed by atoms with E-state index in [2.05, 4.69) is 18.2 Å². The van der Waals surface area contributed by atoms with Crippen molar-refractivity contribution in [3.63, 3.8) is 0 Å². The maximum absolute atomic E-state index is 6.38. The summed E-state index contributed by atoms with van der Waals surface area (Å²) in [6, 6.07) is 7.20. The maximum Gasteiger partial charge on any atom is 0.0338 e. The van der Waals surface area contributed by atoms with Gasteiger partial charge < -0.3 is 0 Å². The first-order valence-corrected chi connectivity index (χ1v) is 7.99. The van der Waals surface area contributed by atoms with Crippen LogP contribution in [0.4, 0.5) is 0 Å². The second kappa shape index (κ2) is 5.65. The van der Waals surface area contributed by atoms with Gasteiger partial charge in [0.1, 0.15) is 0 Å². The van der Waals surface area contributed by atoms with Gasteiger partial charge in [-0.05, 0) is 61.1 Å². The molecule has 0 spiro atoms. The molecule has 2 atom stereocenters. The third-order valence-electron chi connectivity index (χ3n) is 4.66. The Morgan fingerprint density at radius 3 is 2.78 bits per heavy atom. The molecular weight excluding hydrogens is 240 g/mol. The fraction of sp³-hybridized carbons (Fsp3) is 0.647.